The number of rotatable bonds is 7. The van der Waals surface area contributed by atoms with Gasteiger partial charge in [-0.15, -0.1) is 0 Å². The van der Waals surface area contributed by atoms with E-state index >= 15 is 0 Å². The molecule has 0 bridgehead atoms. The molecule has 3 heteroatoms. The third kappa shape index (κ3) is 6.39. The van der Waals surface area contributed by atoms with E-state index in [-0.39, 0.29) is 0 Å². The molecular formula is C14H31N3. The summed E-state index contributed by atoms with van der Waals surface area (Å²) in [6.45, 7) is 9.51. The standard InChI is InChI=1S/C14H31N3/c1-13(2)17(11-7-10-16(3)4)12-14-8-5-6-9-15-14/h13-15H,5-12H2,1-4H3. The summed E-state index contributed by atoms with van der Waals surface area (Å²) < 4.78 is 0. The van der Waals surface area contributed by atoms with Crippen LogP contribution < -0.4 is 5.32 Å². The summed E-state index contributed by atoms with van der Waals surface area (Å²) >= 11 is 0. The molecule has 0 aromatic carbocycles. The number of nitrogens with zero attached hydrogens (tertiary/aromatic N) is 2. The number of nitrogens with one attached hydrogen (secondary N) is 1. The van der Waals surface area contributed by atoms with Gasteiger partial charge in [0.2, 0.25) is 0 Å². The van der Waals surface area contributed by atoms with Crippen LogP contribution in [0.5, 0.6) is 0 Å². The fourth-order valence-electron chi connectivity index (χ4n) is 2.51. The smallest absolute Gasteiger partial charge is 0.0195 e. The summed E-state index contributed by atoms with van der Waals surface area (Å²) in [5.74, 6) is 0. The lowest BCUT2D eigenvalue weighted by atomic mass is 10.0. The van der Waals surface area contributed by atoms with Gasteiger partial charge in [0.15, 0.2) is 0 Å². The van der Waals surface area contributed by atoms with E-state index in [9.17, 15) is 0 Å². The van der Waals surface area contributed by atoms with Crippen molar-refractivity contribution in [3.8, 4) is 0 Å². The lowest BCUT2D eigenvalue weighted by molar-refractivity contribution is 0.177. The Kier molecular flexibility index (Phi) is 7.09. The molecule has 1 rings (SSSR count). The third-order valence-corrected chi connectivity index (χ3v) is 3.65. The van der Waals surface area contributed by atoms with Gasteiger partial charge in [-0.3, -0.25) is 4.90 Å². The number of piperidine rings is 1. The van der Waals surface area contributed by atoms with Crippen molar-refractivity contribution in [1.29, 1.82) is 0 Å². The molecule has 0 aromatic rings. The Morgan fingerprint density at radius 2 is 1.94 bits per heavy atom. The molecule has 0 aromatic heterocycles. The van der Waals surface area contributed by atoms with E-state index < -0.39 is 0 Å². The Balaban J connectivity index is 2.26. The molecule has 1 N–H and O–H groups in total. The largest absolute Gasteiger partial charge is 0.313 e. The van der Waals surface area contributed by atoms with Crippen molar-refractivity contribution in [2.75, 3.05) is 40.3 Å². The van der Waals surface area contributed by atoms with E-state index in [0.29, 0.717) is 6.04 Å². The first kappa shape index (κ1) is 14.9. The van der Waals surface area contributed by atoms with Crippen molar-refractivity contribution in [3.63, 3.8) is 0 Å². The zero-order valence-electron chi connectivity index (χ0n) is 12.2. The highest BCUT2D eigenvalue weighted by Crippen LogP contribution is 2.10. The van der Waals surface area contributed by atoms with Gasteiger partial charge in [-0.2, -0.15) is 0 Å². The summed E-state index contributed by atoms with van der Waals surface area (Å²) in [7, 11) is 4.31. The van der Waals surface area contributed by atoms with Crippen molar-refractivity contribution >= 4 is 0 Å². The van der Waals surface area contributed by atoms with Crippen LogP contribution in [0, 0.1) is 0 Å². The van der Waals surface area contributed by atoms with Gasteiger partial charge in [0.1, 0.15) is 0 Å². The molecule has 1 saturated heterocycles. The minimum absolute atomic E-state index is 0.667. The number of hydrogen-bond donors (Lipinski definition) is 1. The van der Waals surface area contributed by atoms with Crippen molar-refractivity contribution in [2.24, 2.45) is 0 Å². The molecule has 0 aliphatic carbocycles. The van der Waals surface area contributed by atoms with Gasteiger partial charge < -0.3 is 10.2 Å². The van der Waals surface area contributed by atoms with Crippen LogP contribution in [0.1, 0.15) is 39.5 Å². The molecule has 102 valence electrons. The molecule has 0 spiro atoms. The average molecular weight is 241 g/mol. The van der Waals surface area contributed by atoms with Crippen LogP contribution in [-0.4, -0.2) is 62.2 Å². The highest BCUT2D eigenvalue weighted by molar-refractivity contribution is 4.77. The quantitative estimate of drug-likeness (QED) is 0.733. The molecule has 1 aliphatic heterocycles. The SMILES string of the molecule is CC(C)N(CCCN(C)C)CC1CCCCN1. The fraction of sp³-hybridized carbons (Fsp3) is 1.00. The predicted octanol–water partition coefficient (Wildman–Crippen LogP) is 1.79. The first-order valence-corrected chi connectivity index (χ1v) is 7.21. The van der Waals surface area contributed by atoms with Crippen LogP contribution in [0.4, 0.5) is 0 Å². The maximum Gasteiger partial charge on any atom is 0.0195 e. The van der Waals surface area contributed by atoms with Crippen LogP contribution in [0.15, 0.2) is 0 Å². The first-order valence-electron chi connectivity index (χ1n) is 7.21. The topological polar surface area (TPSA) is 18.5 Å². The monoisotopic (exact) mass is 241 g/mol. The van der Waals surface area contributed by atoms with Gasteiger partial charge in [-0.05, 0) is 66.8 Å². The fourth-order valence-corrected chi connectivity index (χ4v) is 2.51. The highest BCUT2D eigenvalue weighted by atomic mass is 15.2. The molecule has 3 nitrogen and oxygen atoms in total. The third-order valence-electron chi connectivity index (χ3n) is 3.65. The molecule has 1 fully saturated rings. The Hall–Kier alpha value is -0.120. The van der Waals surface area contributed by atoms with Gasteiger partial charge in [-0.1, -0.05) is 6.42 Å². The second-order valence-corrected chi connectivity index (χ2v) is 5.89. The molecule has 0 saturated carbocycles. The Bertz CT molecular complexity index is 186. The van der Waals surface area contributed by atoms with Crippen LogP contribution in [0.25, 0.3) is 0 Å². The first-order chi connectivity index (χ1) is 8.09. The molecule has 0 radical (unpaired) electrons. The van der Waals surface area contributed by atoms with Crippen molar-refractivity contribution < 1.29 is 0 Å². The Labute approximate surface area is 108 Å². The van der Waals surface area contributed by atoms with Crippen LogP contribution in [0.3, 0.4) is 0 Å². The van der Waals surface area contributed by atoms with Crippen molar-refractivity contribution in [1.82, 2.24) is 15.1 Å². The van der Waals surface area contributed by atoms with Crippen molar-refractivity contribution in [2.45, 2.75) is 51.6 Å². The van der Waals surface area contributed by atoms with Gasteiger partial charge in [0.05, 0.1) is 0 Å². The maximum atomic E-state index is 3.65. The zero-order chi connectivity index (χ0) is 12.7. The van der Waals surface area contributed by atoms with Crippen LogP contribution >= 0.6 is 0 Å². The lowest BCUT2D eigenvalue weighted by Gasteiger charge is -2.33. The summed E-state index contributed by atoms with van der Waals surface area (Å²) in [6.07, 6.45) is 5.40. The van der Waals surface area contributed by atoms with E-state index in [0.717, 1.165) is 6.04 Å². The summed E-state index contributed by atoms with van der Waals surface area (Å²) in [4.78, 5) is 4.91. The van der Waals surface area contributed by atoms with E-state index in [1.54, 1.807) is 0 Å². The van der Waals surface area contributed by atoms with E-state index in [1.807, 2.05) is 0 Å². The molecule has 0 amide bonds. The van der Waals surface area contributed by atoms with Gasteiger partial charge in [0, 0.05) is 18.6 Å². The minimum atomic E-state index is 0.667. The highest BCUT2D eigenvalue weighted by Gasteiger charge is 2.18. The molecule has 1 aliphatic rings. The van der Waals surface area contributed by atoms with Gasteiger partial charge in [0.25, 0.3) is 0 Å². The second-order valence-electron chi connectivity index (χ2n) is 5.89. The maximum absolute atomic E-state index is 3.65. The second kappa shape index (κ2) is 8.06. The molecule has 17 heavy (non-hydrogen) atoms. The Morgan fingerprint density at radius 3 is 2.47 bits per heavy atom. The molecular weight excluding hydrogens is 210 g/mol. The number of hydrogen-bond acceptors (Lipinski definition) is 3. The van der Waals surface area contributed by atoms with Crippen molar-refractivity contribution in [3.05, 3.63) is 0 Å². The minimum Gasteiger partial charge on any atom is -0.313 e. The Morgan fingerprint density at radius 1 is 1.18 bits per heavy atom. The van der Waals surface area contributed by atoms with Gasteiger partial charge >= 0.3 is 0 Å². The van der Waals surface area contributed by atoms with E-state index in [4.69, 9.17) is 0 Å². The summed E-state index contributed by atoms with van der Waals surface area (Å²) in [5, 5.41) is 3.65. The summed E-state index contributed by atoms with van der Waals surface area (Å²) in [6, 6.07) is 1.39. The summed E-state index contributed by atoms with van der Waals surface area (Å²) in [5.41, 5.74) is 0. The average Bonchev–Trinajstić information content (AvgIpc) is 2.28. The molecule has 1 heterocycles. The lowest BCUT2D eigenvalue weighted by Crippen LogP contribution is -2.46. The van der Waals surface area contributed by atoms with Crippen LogP contribution in [-0.2, 0) is 0 Å². The van der Waals surface area contributed by atoms with Gasteiger partial charge in [-0.25, -0.2) is 0 Å². The zero-order valence-corrected chi connectivity index (χ0v) is 12.2. The van der Waals surface area contributed by atoms with E-state index in [2.05, 4.69) is 43.1 Å². The van der Waals surface area contributed by atoms with Crippen LogP contribution in [0.2, 0.25) is 0 Å². The molecule has 1 unspecified atom stereocenters. The normalized spacial score (nSPS) is 21.7. The molecule has 1 atom stereocenters. The van der Waals surface area contributed by atoms with E-state index in [1.165, 1.54) is 51.9 Å². The predicted molar refractivity (Wildman–Crippen MR) is 75.5 cm³/mol.